The maximum atomic E-state index is 14.4. The van der Waals surface area contributed by atoms with E-state index in [-0.39, 0.29) is 30.0 Å². The summed E-state index contributed by atoms with van der Waals surface area (Å²) in [5, 5.41) is 0. The van der Waals surface area contributed by atoms with Crippen molar-refractivity contribution in [2.24, 2.45) is 11.8 Å². The van der Waals surface area contributed by atoms with E-state index in [1.807, 2.05) is 0 Å². The Bertz CT molecular complexity index is 842. The molecule has 1 heterocycles. The zero-order chi connectivity index (χ0) is 23.6. The fourth-order valence-corrected chi connectivity index (χ4v) is 3.52. The Labute approximate surface area is 181 Å². The number of hydrogen-bond acceptors (Lipinski definition) is 5. The fraction of sp³-hybridized carbons (Fsp3) is 0.609. The lowest BCUT2D eigenvalue weighted by Crippen LogP contribution is -2.38. The van der Waals surface area contributed by atoms with Gasteiger partial charge in [0.15, 0.2) is 6.29 Å². The summed E-state index contributed by atoms with van der Waals surface area (Å²) in [5.74, 6) is -3.39. The number of carbonyl (C=O) groups is 3. The van der Waals surface area contributed by atoms with Crippen molar-refractivity contribution in [3.8, 4) is 0 Å². The minimum absolute atomic E-state index is 0.0510. The Balaban J connectivity index is 2.27. The van der Waals surface area contributed by atoms with Crippen LogP contribution in [-0.2, 0) is 20.7 Å². The first-order valence-electron chi connectivity index (χ1n) is 10.3. The van der Waals surface area contributed by atoms with E-state index in [1.165, 1.54) is 4.90 Å². The quantitative estimate of drug-likeness (QED) is 0.498. The second-order valence-corrected chi connectivity index (χ2v) is 9.90. The van der Waals surface area contributed by atoms with Gasteiger partial charge in [-0.25, -0.2) is 13.6 Å². The van der Waals surface area contributed by atoms with Crippen LogP contribution in [0.15, 0.2) is 12.1 Å². The Morgan fingerprint density at radius 1 is 1.10 bits per heavy atom. The Morgan fingerprint density at radius 2 is 1.71 bits per heavy atom. The van der Waals surface area contributed by atoms with E-state index >= 15 is 0 Å². The number of rotatable bonds is 5. The highest BCUT2D eigenvalue weighted by molar-refractivity contribution is 5.76. The number of amides is 1. The molecular weight excluding hydrogens is 408 g/mol. The Kier molecular flexibility index (Phi) is 7.44. The van der Waals surface area contributed by atoms with Gasteiger partial charge in [0.25, 0.3) is 0 Å². The van der Waals surface area contributed by atoms with Crippen molar-refractivity contribution < 1.29 is 32.6 Å². The van der Waals surface area contributed by atoms with Gasteiger partial charge in [-0.05, 0) is 71.9 Å². The Hall–Kier alpha value is -2.51. The topological polar surface area (TPSA) is 72.9 Å². The van der Waals surface area contributed by atoms with E-state index in [1.54, 1.807) is 41.5 Å². The number of benzene rings is 1. The molecule has 1 amide bonds. The maximum absolute atomic E-state index is 14.4. The van der Waals surface area contributed by atoms with Crippen LogP contribution in [0.2, 0.25) is 0 Å². The minimum atomic E-state index is -0.956. The molecule has 1 saturated heterocycles. The second kappa shape index (κ2) is 9.32. The van der Waals surface area contributed by atoms with Gasteiger partial charge in [-0.3, -0.25) is 9.59 Å². The van der Waals surface area contributed by atoms with Crippen molar-refractivity contribution >= 4 is 18.3 Å². The fourth-order valence-electron chi connectivity index (χ4n) is 3.52. The summed E-state index contributed by atoms with van der Waals surface area (Å²) in [5.41, 5.74) is -1.63. The zero-order valence-electron chi connectivity index (χ0n) is 19.0. The molecule has 0 spiro atoms. The number of nitrogens with zero attached hydrogens (tertiary/aromatic N) is 1. The van der Waals surface area contributed by atoms with E-state index in [0.29, 0.717) is 25.3 Å². The van der Waals surface area contributed by atoms with Gasteiger partial charge in [0.2, 0.25) is 0 Å². The lowest BCUT2D eigenvalue weighted by molar-refractivity contribution is -0.162. The van der Waals surface area contributed by atoms with Crippen LogP contribution in [0.4, 0.5) is 13.6 Å². The molecule has 2 atom stereocenters. The maximum Gasteiger partial charge on any atom is 0.410 e. The molecule has 0 aromatic heterocycles. The number of likely N-dealkylation sites (tertiary alicyclic amines) is 1. The first-order valence-corrected chi connectivity index (χ1v) is 10.3. The summed E-state index contributed by atoms with van der Waals surface area (Å²) in [4.78, 5) is 38.0. The van der Waals surface area contributed by atoms with Crippen molar-refractivity contribution in [1.29, 1.82) is 0 Å². The normalized spacial score (nSPS) is 17.9. The number of carbonyl (C=O) groups excluding carboxylic acids is 3. The predicted octanol–water partition coefficient (Wildman–Crippen LogP) is 4.53. The molecule has 8 heteroatoms. The van der Waals surface area contributed by atoms with Crippen molar-refractivity contribution in [1.82, 2.24) is 4.90 Å². The monoisotopic (exact) mass is 439 g/mol. The van der Waals surface area contributed by atoms with Crippen molar-refractivity contribution in [2.75, 3.05) is 13.1 Å². The average molecular weight is 439 g/mol. The zero-order valence-corrected chi connectivity index (χ0v) is 19.0. The molecule has 1 aliphatic rings. The minimum Gasteiger partial charge on any atom is -0.460 e. The first-order chi connectivity index (χ1) is 14.2. The molecule has 0 N–H and O–H groups in total. The Morgan fingerprint density at radius 3 is 2.26 bits per heavy atom. The van der Waals surface area contributed by atoms with Crippen LogP contribution in [0, 0.1) is 23.5 Å². The third kappa shape index (κ3) is 7.01. The highest BCUT2D eigenvalue weighted by Crippen LogP contribution is 2.31. The van der Waals surface area contributed by atoms with E-state index < -0.39 is 40.8 Å². The van der Waals surface area contributed by atoms with Gasteiger partial charge in [0.1, 0.15) is 22.8 Å². The number of ether oxygens (including phenoxy) is 2. The van der Waals surface area contributed by atoms with Crippen LogP contribution >= 0.6 is 0 Å². The molecule has 172 valence electrons. The molecule has 0 aliphatic carbocycles. The molecule has 0 bridgehead atoms. The molecule has 2 rings (SSSR count). The third-order valence-electron chi connectivity index (χ3n) is 4.89. The third-order valence-corrected chi connectivity index (χ3v) is 4.89. The largest absolute Gasteiger partial charge is 0.460 e. The SMILES string of the molecule is CC(C)(C)OC(=O)[C@@H](Cc1cc(C=O)c(F)cc1F)[C@H]1CCN(C(=O)OC(C)(C)C)C1. The summed E-state index contributed by atoms with van der Waals surface area (Å²) < 4.78 is 39.1. The summed E-state index contributed by atoms with van der Waals surface area (Å²) in [6.45, 7) is 11.1. The van der Waals surface area contributed by atoms with Crippen LogP contribution in [0.1, 0.15) is 63.9 Å². The first kappa shape index (κ1) is 24.8. The summed E-state index contributed by atoms with van der Waals surface area (Å²) in [6.07, 6.45) is 0.260. The lowest BCUT2D eigenvalue weighted by Gasteiger charge is -2.28. The van der Waals surface area contributed by atoms with Gasteiger partial charge in [-0.1, -0.05) is 0 Å². The summed E-state index contributed by atoms with van der Waals surface area (Å²) in [6, 6.07) is 1.77. The number of aldehydes is 1. The van der Waals surface area contributed by atoms with Gasteiger partial charge in [-0.15, -0.1) is 0 Å². The molecule has 31 heavy (non-hydrogen) atoms. The van der Waals surface area contributed by atoms with E-state index in [2.05, 4.69) is 0 Å². The molecule has 0 unspecified atom stereocenters. The average Bonchev–Trinajstić information content (AvgIpc) is 3.08. The highest BCUT2D eigenvalue weighted by Gasteiger charge is 2.39. The number of hydrogen-bond donors (Lipinski definition) is 0. The molecule has 1 fully saturated rings. The number of esters is 1. The van der Waals surface area contributed by atoms with Crippen LogP contribution in [0.25, 0.3) is 0 Å². The van der Waals surface area contributed by atoms with Crippen LogP contribution in [0.5, 0.6) is 0 Å². The van der Waals surface area contributed by atoms with Gasteiger partial charge < -0.3 is 14.4 Å². The van der Waals surface area contributed by atoms with E-state index in [9.17, 15) is 23.2 Å². The van der Waals surface area contributed by atoms with Gasteiger partial charge in [-0.2, -0.15) is 0 Å². The summed E-state index contributed by atoms with van der Waals surface area (Å²) >= 11 is 0. The van der Waals surface area contributed by atoms with E-state index in [4.69, 9.17) is 9.47 Å². The van der Waals surface area contributed by atoms with Gasteiger partial charge >= 0.3 is 12.1 Å². The molecule has 0 saturated carbocycles. The summed E-state index contributed by atoms with van der Waals surface area (Å²) in [7, 11) is 0. The van der Waals surface area contributed by atoms with Gasteiger partial charge in [0, 0.05) is 19.2 Å². The molecule has 1 aromatic rings. The van der Waals surface area contributed by atoms with Crippen LogP contribution in [-0.4, -0.2) is 47.5 Å². The molecule has 0 radical (unpaired) electrons. The van der Waals surface area contributed by atoms with Crippen molar-refractivity contribution in [3.05, 3.63) is 34.9 Å². The van der Waals surface area contributed by atoms with Crippen molar-refractivity contribution in [3.63, 3.8) is 0 Å². The van der Waals surface area contributed by atoms with Gasteiger partial charge in [0.05, 0.1) is 11.5 Å². The van der Waals surface area contributed by atoms with E-state index in [0.717, 1.165) is 6.07 Å². The molecule has 1 aliphatic heterocycles. The highest BCUT2D eigenvalue weighted by atomic mass is 19.1. The standard InChI is InChI=1S/C23H31F2NO5/c1-22(2,3)30-20(28)17(10-15-9-16(13-27)19(25)11-18(15)24)14-7-8-26(12-14)21(29)31-23(4,5)6/h9,11,13-14,17H,7-8,10,12H2,1-6H3/t14-,17-/m0/s1. The smallest absolute Gasteiger partial charge is 0.410 e. The van der Waals surface area contributed by atoms with Crippen molar-refractivity contribution in [2.45, 2.75) is 65.6 Å². The van der Waals surface area contributed by atoms with Crippen LogP contribution < -0.4 is 0 Å². The number of halogens is 2. The molecule has 1 aromatic carbocycles. The molecule has 6 nitrogen and oxygen atoms in total. The second-order valence-electron chi connectivity index (χ2n) is 9.90. The van der Waals surface area contributed by atoms with Crippen LogP contribution in [0.3, 0.4) is 0 Å². The molecular formula is C23H31F2NO5. The predicted molar refractivity (Wildman–Crippen MR) is 111 cm³/mol. The lowest BCUT2D eigenvalue weighted by atomic mass is 9.85.